The molecule has 3 saturated heterocycles. The van der Waals surface area contributed by atoms with E-state index >= 15 is 0 Å². The predicted octanol–water partition coefficient (Wildman–Crippen LogP) is -11.3. The van der Waals surface area contributed by atoms with Crippen molar-refractivity contribution in [3.8, 4) is 0 Å². The fraction of sp³-hybridized carbons (Fsp3) is 0.662. The van der Waals surface area contributed by atoms with Crippen molar-refractivity contribution in [1.29, 1.82) is 0 Å². The molecule has 3 heterocycles. The van der Waals surface area contributed by atoms with E-state index in [1.807, 2.05) is 0 Å². The van der Waals surface area contributed by atoms with Gasteiger partial charge in [0.1, 0.15) is 84.8 Å². The summed E-state index contributed by atoms with van der Waals surface area (Å²) in [5.41, 5.74) is 22.6. The first kappa shape index (κ1) is 98.6. The Labute approximate surface area is 671 Å². The van der Waals surface area contributed by atoms with Gasteiger partial charge < -0.3 is 147 Å². The number of unbranched alkanes of at least 4 members (excludes halogenated alkanes) is 1. The van der Waals surface area contributed by atoms with E-state index in [1.165, 1.54) is 6.92 Å². The van der Waals surface area contributed by atoms with E-state index in [0.29, 0.717) is 24.8 Å². The Morgan fingerprint density at radius 3 is 1.71 bits per heavy atom. The van der Waals surface area contributed by atoms with Gasteiger partial charge in [-0.1, -0.05) is 50.6 Å². The number of aliphatic carboxylic acids is 3. The van der Waals surface area contributed by atoms with Gasteiger partial charge in [0.25, 0.3) is 0 Å². The van der Waals surface area contributed by atoms with Crippen molar-refractivity contribution in [1.82, 2.24) is 73.6 Å². The quantitative estimate of drug-likeness (QED) is 0.0269. The molecule has 654 valence electrons. The van der Waals surface area contributed by atoms with Crippen LogP contribution >= 0.6 is 0 Å². The summed E-state index contributed by atoms with van der Waals surface area (Å²) < 4.78 is 11.5. The van der Waals surface area contributed by atoms with E-state index in [0.717, 1.165) is 9.80 Å². The molecule has 28 N–H and O–H groups in total. The molecule has 4 rings (SSSR count). The van der Waals surface area contributed by atoms with E-state index in [-0.39, 0.29) is 71.1 Å². The summed E-state index contributed by atoms with van der Waals surface area (Å²) in [6.45, 7) is -0.808. The molecule has 3 fully saturated rings. The number of rotatable bonds is 51. The molecule has 0 saturated carbocycles. The molecule has 1 aromatic carbocycles. The number of ether oxygens (including phenoxy) is 2. The monoisotopic (exact) mass is 1660 g/mol. The highest BCUT2D eigenvalue weighted by molar-refractivity contribution is 5.99. The number of β-amino-alcohol motifs (C(OH)–C–C–N with tert-alkyl or cyclic N) is 1. The number of aliphatic hydroxyl groups excluding tert-OH is 5. The van der Waals surface area contributed by atoms with Crippen molar-refractivity contribution in [2.75, 3.05) is 65.5 Å². The highest BCUT2D eigenvalue weighted by Crippen LogP contribution is 2.26. The molecular formula is C71H112N18O28. The van der Waals surface area contributed by atoms with Gasteiger partial charge in [0, 0.05) is 51.6 Å². The number of nitrogens with two attached hydrogens (primary N) is 4. The lowest BCUT2D eigenvalue weighted by Gasteiger charge is -2.41. The van der Waals surface area contributed by atoms with Crippen molar-refractivity contribution in [2.45, 2.75) is 227 Å². The molecular weight excluding hydrogens is 1550 g/mol. The van der Waals surface area contributed by atoms with Crippen molar-refractivity contribution >= 4 is 107 Å². The first-order valence-corrected chi connectivity index (χ1v) is 38.2. The van der Waals surface area contributed by atoms with E-state index < -0.39 is 294 Å². The molecule has 0 spiro atoms. The number of benzene rings is 1. The largest absolute Gasteiger partial charge is 0.481 e. The number of nitrogens with zero attached hydrogens (tertiary/aromatic N) is 2. The zero-order valence-electron chi connectivity index (χ0n) is 65.1. The average Bonchev–Trinajstić information content (AvgIpc) is 1.62. The van der Waals surface area contributed by atoms with Gasteiger partial charge in [-0.3, -0.25) is 81.5 Å². The molecule has 3 aliphatic heterocycles. The normalized spacial score (nSPS) is 20.8. The zero-order valence-corrected chi connectivity index (χ0v) is 65.1. The second-order valence-electron chi connectivity index (χ2n) is 28.4. The van der Waals surface area contributed by atoms with Crippen LogP contribution < -0.4 is 86.7 Å². The molecule has 46 heteroatoms. The molecule has 1 aromatic rings. The molecule has 15 amide bonds. The molecule has 3 aliphatic rings. The van der Waals surface area contributed by atoms with Crippen molar-refractivity contribution < 1.29 is 137 Å². The maximum absolute atomic E-state index is 14.7. The number of likely N-dealkylation sites (tertiary alicyclic amines) is 2. The fourth-order valence-electron chi connectivity index (χ4n) is 12.7. The van der Waals surface area contributed by atoms with E-state index in [9.17, 15) is 127 Å². The lowest BCUT2D eigenvalue weighted by Crippen LogP contribution is -2.60. The standard InChI is InChI=1S/C71H112N18O28/c1-4-35(2)57(87-53(96)31-78-66(110)47-26-38(91)33-89(47)69(113)42(17-20-56(100)101)82-50(93)28-74)68(112)80-36(3)61(105)76-29-52(95)83-44(25-37-11-6-5-7-12-37)65(109)86-45(27-39(21-23-73)116-71-60(104)59(103)58(102)48(34-90)117-71)63(107)77-30-51(94)81-41(16-19-55(98)99)64(108)84-40(15-18-49(75)92)62(106)79-32-54(97)88-24-10-14-46(88)67(111)85-43(70(114)115)13-8-9-22-72/h5-7,11-12,35-36,38-48,57-60,71,90-91,102-104H,4,8-10,13-34,72-74H2,1-3H3,(H2,75,92)(H,76,105)(H,77,107)(H,78,110)(H,79,106)(H,80,112)(H,81,94)(H,82,93)(H,83,95)(H,84,108)(H,85,111)(H,86,109)(H,87,96)(H,98,99)(H,100,101)(H,114,115)/t35-,36-,38-,39+,40-,41-,42-,43-,44-,45-,46-,47-,48+,57-,58-,59-,60+,71+/m0/s1. The lowest BCUT2D eigenvalue weighted by molar-refractivity contribution is -0.312. The SMILES string of the molecule is CC[C@H](C)[C@H](NC(=O)CNC(=O)[C@@H]1C[C@H](O)CN1C(=O)[C@H](CCC(=O)O)NC(=O)CN)C(=O)N[C@@H](C)C(=O)NCC(=O)N[C@@H](Cc1ccccc1)C(=O)N[C@@H](C[C@@H](CCN)O[C@@H]1O[C@H](CO)[C@H](O)[C@H](O)[C@H]1O)C(=O)NCC(=O)N[C@@H](CCC(=O)O)C(=O)N[C@@H](CCC(N)=O)C(=O)NCC(=O)N1CCC[C@H]1C(=O)N[C@@H](CCCCN)C(=O)O. The van der Waals surface area contributed by atoms with Gasteiger partial charge in [-0.05, 0) is 89.3 Å². The fourth-order valence-corrected chi connectivity index (χ4v) is 12.7. The minimum absolute atomic E-state index is 0.0341. The molecule has 0 unspecified atom stereocenters. The molecule has 0 aromatic heterocycles. The predicted molar refractivity (Wildman–Crippen MR) is 402 cm³/mol. The van der Waals surface area contributed by atoms with Crippen LogP contribution in [0.25, 0.3) is 0 Å². The van der Waals surface area contributed by atoms with Crippen molar-refractivity contribution in [2.24, 2.45) is 28.9 Å². The molecule has 18 atom stereocenters. The Bertz CT molecular complexity index is 3600. The number of amides is 15. The number of carboxylic acids is 3. The Balaban J connectivity index is 1.52. The third-order valence-electron chi connectivity index (χ3n) is 19.4. The van der Waals surface area contributed by atoms with Gasteiger partial charge in [0.05, 0.1) is 51.5 Å². The molecule has 117 heavy (non-hydrogen) atoms. The van der Waals surface area contributed by atoms with E-state index in [2.05, 4.69) is 63.8 Å². The average molecular weight is 1670 g/mol. The topological polar surface area (TPSA) is 742 Å². The maximum atomic E-state index is 14.7. The van der Waals surface area contributed by atoms with Gasteiger partial charge in [-0.25, -0.2) is 4.79 Å². The van der Waals surface area contributed by atoms with E-state index in [4.69, 9.17) is 32.4 Å². The first-order chi connectivity index (χ1) is 55.4. The number of carboxylic acid groups (broad SMARTS) is 3. The smallest absolute Gasteiger partial charge is 0.326 e. The Kier molecular flexibility index (Phi) is 42.2. The lowest BCUT2D eigenvalue weighted by atomic mass is 9.98. The summed E-state index contributed by atoms with van der Waals surface area (Å²) in [6.07, 6.45) is -15.1. The van der Waals surface area contributed by atoms with Crippen LogP contribution in [0.3, 0.4) is 0 Å². The minimum atomic E-state index is -2.00. The summed E-state index contributed by atoms with van der Waals surface area (Å²) in [5, 5.41) is 109. The molecule has 0 aliphatic carbocycles. The molecule has 0 bridgehead atoms. The summed E-state index contributed by atoms with van der Waals surface area (Å²) in [5.74, 6) is -19.6. The number of aliphatic hydroxyl groups is 5. The van der Waals surface area contributed by atoms with Crippen LogP contribution in [0.2, 0.25) is 0 Å². The number of primary amides is 1. The second-order valence-corrected chi connectivity index (χ2v) is 28.4. The first-order valence-electron chi connectivity index (χ1n) is 38.2. The summed E-state index contributed by atoms with van der Waals surface area (Å²) in [4.78, 5) is 241. The number of carbonyl (C=O) groups is 18. The number of nitrogens with one attached hydrogen (secondary N) is 12. The van der Waals surface area contributed by atoms with Crippen LogP contribution in [-0.4, -0.2) is 326 Å². The summed E-state index contributed by atoms with van der Waals surface area (Å²) in [7, 11) is 0. The summed E-state index contributed by atoms with van der Waals surface area (Å²) >= 11 is 0. The van der Waals surface area contributed by atoms with Crippen molar-refractivity contribution in [3.05, 3.63) is 35.9 Å². The maximum Gasteiger partial charge on any atom is 0.326 e. The number of carbonyl (C=O) groups excluding carboxylic acids is 15. The number of hydrogen-bond acceptors (Lipinski definition) is 28. The van der Waals surface area contributed by atoms with Gasteiger partial charge in [0.2, 0.25) is 88.6 Å². The van der Waals surface area contributed by atoms with Gasteiger partial charge in [-0.15, -0.1) is 0 Å². The van der Waals surface area contributed by atoms with Crippen LogP contribution in [0.5, 0.6) is 0 Å². The highest BCUT2D eigenvalue weighted by atomic mass is 16.7. The number of hydrogen-bond donors (Lipinski definition) is 24. The molecule has 0 radical (unpaired) electrons. The van der Waals surface area contributed by atoms with Gasteiger partial charge in [0.15, 0.2) is 6.29 Å². The molecule has 46 nitrogen and oxygen atoms in total. The Hall–Kier alpha value is -10.7. The minimum Gasteiger partial charge on any atom is -0.481 e. The van der Waals surface area contributed by atoms with Crippen LogP contribution in [0.4, 0.5) is 0 Å². The van der Waals surface area contributed by atoms with Crippen LogP contribution in [-0.2, 0) is 102 Å². The third-order valence-corrected chi connectivity index (χ3v) is 19.4. The van der Waals surface area contributed by atoms with Crippen LogP contribution in [0.15, 0.2) is 30.3 Å². The van der Waals surface area contributed by atoms with E-state index in [1.54, 1.807) is 44.2 Å². The van der Waals surface area contributed by atoms with Gasteiger partial charge >= 0.3 is 17.9 Å². The second kappa shape index (κ2) is 50.0. The third kappa shape index (κ3) is 33.1. The van der Waals surface area contributed by atoms with Crippen molar-refractivity contribution in [3.63, 3.8) is 0 Å². The Morgan fingerprint density at radius 2 is 1.11 bits per heavy atom. The Morgan fingerprint density at radius 1 is 0.547 bits per heavy atom. The highest BCUT2D eigenvalue weighted by Gasteiger charge is 2.47. The zero-order chi connectivity index (χ0) is 87.3. The van der Waals surface area contributed by atoms with Crippen LogP contribution in [0.1, 0.15) is 123 Å². The van der Waals surface area contributed by atoms with Gasteiger partial charge in [-0.2, -0.15) is 0 Å². The van der Waals surface area contributed by atoms with Crippen LogP contribution in [0, 0.1) is 5.92 Å². The summed E-state index contributed by atoms with van der Waals surface area (Å²) in [6, 6.07) is -7.22.